The molecule has 11 nitrogen and oxygen atoms in total. The average Bonchev–Trinajstić information content (AvgIpc) is 3.47. The molecule has 0 bridgehead atoms. The average molecular weight is 554 g/mol. The number of ether oxygens (including phenoxy) is 1. The third-order valence-corrected chi connectivity index (χ3v) is 6.25. The fraction of sp³-hybridized carbons (Fsp3) is 0.296. The van der Waals surface area contributed by atoms with Gasteiger partial charge >= 0.3 is 0 Å². The van der Waals surface area contributed by atoms with Crippen LogP contribution in [0.15, 0.2) is 36.4 Å². The van der Waals surface area contributed by atoms with E-state index in [0.29, 0.717) is 41.1 Å². The molecule has 0 saturated heterocycles. The zero-order valence-corrected chi connectivity index (χ0v) is 22.3. The SMILES string of the molecule is CCn1nc(C)cc1C(=O)Nc1nc2cc(C(N)=O)cc(OC)c2n1CCCC(=O)NCc1ccc(F)cc1F. The standard InChI is InChI=1S/C27H29F2N7O4/c1-4-36-21(10-15(2)34-36)26(39)33-27-32-20-11-17(25(30)38)12-22(40-3)24(20)35(27)9-5-6-23(37)31-14-16-7-8-18(28)13-19(16)29/h7-8,10-13H,4-6,9,14H2,1-3H3,(H2,30,38)(H,31,37)(H,32,33,39). The third-order valence-electron chi connectivity index (χ3n) is 6.25. The molecule has 210 valence electrons. The first-order valence-corrected chi connectivity index (χ1v) is 12.6. The van der Waals surface area contributed by atoms with Crippen LogP contribution in [0.3, 0.4) is 0 Å². The van der Waals surface area contributed by atoms with E-state index >= 15 is 0 Å². The van der Waals surface area contributed by atoms with Gasteiger partial charge in [-0.1, -0.05) is 6.07 Å². The van der Waals surface area contributed by atoms with Crippen molar-refractivity contribution in [3.05, 3.63) is 70.5 Å². The fourth-order valence-electron chi connectivity index (χ4n) is 4.32. The van der Waals surface area contributed by atoms with Gasteiger partial charge in [0.2, 0.25) is 17.8 Å². The molecule has 2 aromatic heterocycles. The van der Waals surface area contributed by atoms with E-state index in [1.807, 2.05) is 6.92 Å². The number of benzene rings is 2. The molecule has 0 aliphatic heterocycles. The van der Waals surface area contributed by atoms with Crippen LogP contribution < -0.4 is 21.1 Å². The number of fused-ring (bicyclic) bond motifs is 1. The summed E-state index contributed by atoms with van der Waals surface area (Å²) in [6, 6.07) is 7.79. The number of methoxy groups -OCH3 is 1. The molecule has 0 atom stereocenters. The Kier molecular flexibility index (Phi) is 8.41. The van der Waals surface area contributed by atoms with Crippen molar-refractivity contribution in [1.82, 2.24) is 24.6 Å². The number of nitrogens with one attached hydrogen (secondary N) is 2. The van der Waals surface area contributed by atoms with Crippen molar-refractivity contribution >= 4 is 34.7 Å². The van der Waals surface area contributed by atoms with Gasteiger partial charge in [-0.25, -0.2) is 13.8 Å². The number of carbonyl (C=O) groups is 3. The van der Waals surface area contributed by atoms with Crippen LogP contribution in [0.2, 0.25) is 0 Å². The first-order chi connectivity index (χ1) is 19.1. The Morgan fingerprint density at radius 2 is 1.90 bits per heavy atom. The molecule has 2 heterocycles. The molecular formula is C27H29F2N7O4. The van der Waals surface area contributed by atoms with Crippen LogP contribution in [0.1, 0.15) is 51.9 Å². The molecule has 40 heavy (non-hydrogen) atoms. The smallest absolute Gasteiger partial charge is 0.276 e. The highest BCUT2D eigenvalue weighted by molar-refractivity contribution is 6.04. The Morgan fingerprint density at radius 3 is 2.58 bits per heavy atom. The van der Waals surface area contributed by atoms with Gasteiger partial charge in [0, 0.05) is 43.2 Å². The summed E-state index contributed by atoms with van der Waals surface area (Å²) in [4.78, 5) is 42.0. The number of amides is 3. The number of halogens is 2. The number of imidazole rings is 1. The highest BCUT2D eigenvalue weighted by atomic mass is 19.1. The second-order valence-electron chi connectivity index (χ2n) is 9.05. The molecule has 0 saturated carbocycles. The third kappa shape index (κ3) is 6.08. The van der Waals surface area contributed by atoms with Crippen LogP contribution in [0.5, 0.6) is 5.75 Å². The summed E-state index contributed by atoms with van der Waals surface area (Å²) in [6.07, 6.45) is 0.387. The second kappa shape index (κ2) is 11.9. The lowest BCUT2D eigenvalue weighted by Crippen LogP contribution is -2.23. The van der Waals surface area contributed by atoms with E-state index in [1.54, 1.807) is 22.2 Å². The van der Waals surface area contributed by atoms with Crippen LogP contribution in [0.4, 0.5) is 14.7 Å². The van der Waals surface area contributed by atoms with Gasteiger partial charge < -0.3 is 20.4 Å². The van der Waals surface area contributed by atoms with Crippen LogP contribution in [-0.4, -0.2) is 44.2 Å². The predicted molar refractivity (Wildman–Crippen MR) is 143 cm³/mol. The Morgan fingerprint density at radius 1 is 1.12 bits per heavy atom. The van der Waals surface area contributed by atoms with Crippen LogP contribution in [0, 0.1) is 18.6 Å². The number of rotatable bonds is 11. The highest BCUT2D eigenvalue weighted by Gasteiger charge is 2.21. The van der Waals surface area contributed by atoms with Crippen LogP contribution in [-0.2, 0) is 24.4 Å². The van der Waals surface area contributed by atoms with E-state index in [-0.39, 0.29) is 42.5 Å². The van der Waals surface area contributed by atoms with Crippen molar-refractivity contribution in [2.24, 2.45) is 5.73 Å². The molecule has 2 aromatic carbocycles. The lowest BCUT2D eigenvalue weighted by Gasteiger charge is -2.13. The van der Waals surface area contributed by atoms with Gasteiger partial charge in [-0.15, -0.1) is 0 Å². The second-order valence-corrected chi connectivity index (χ2v) is 9.05. The largest absolute Gasteiger partial charge is 0.494 e. The Bertz CT molecular complexity index is 1600. The minimum atomic E-state index is -0.743. The number of hydrogen-bond donors (Lipinski definition) is 3. The highest BCUT2D eigenvalue weighted by Crippen LogP contribution is 2.31. The number of hydrogen-bond acceptors (Lipinski definition) is 6. The number of primary amides is 1. The first-order valence-electron chi connectivity index (χ1n) is 12.6. The lowest BCUT2D eigenvalue weighted by molar-refractivity contribution is -0.121. The van der Waals surface area contributed by atoms with Gasteiger partial charge in [-0.3, -0.25) is 24.4 Å². The molecule has 4 aromatic rings. The summed E-state index contributed by atoms with van der Waals surface area (Å²) < 4.78 is 35.7. The van der Waals surface area contributed by atoms with Gasteiger partial charge in [0.1, 0.15) is 28.6 Å². The predicted octanol–water partition coefficient (Wildman–Crippen LogP) is 3.30. The number of aromatic nitrogens is 4. The maximum absolute atomic E-state index is 13.9. The number of aryl methyl sites for hydroxylation is 3. The molecule has 0 unspecified atom stereocenters. The molecule has 4 rings (SSSR count). The maximum atomic E-state index is 13.9. The maximum Gasteiger partial charge on any atom is 0.276 e. The summed E-state index contributed by atoms with van der Waals surface area (Å²) in [6.45, 7) is 4.28. The van der Waals surface area contributed by atoms with Crippen LogP contribution in [0.25, 0.3) is 11.0 Å². The van der Waals surface area contributed by atoms with Gasteiger partial charge in [-0.05, 0) is 44.5 Å². The van der Waals surface area contributed by atoms with Crippen molar-refractivity contribution in [1.29, 1.82) is 0 Å². The number of carbonyl (C=O) groups excluding carboxylic acids is 3. The minimum Gasteiger partial charge on any atom is -0.494 e. The normalized spacial score (nSPS) is 11.0. The molecular weight excluding hydrogens is 524 g/mol. The Labute approximate surface area is 228 Å². The van der Waals surface area contributed by atoms with Crippen molar-refractivity contribution in [2.75, 3.05) is 12.4 Å². The van der Waals surface area contributed by atoms with E-state index in [2.05, 4.69) is 20.7 Å². The first kappa shape index (κ1) is 28.2. The topological polar surface area (TPSA) is 146 Å². The minimum absolute atomic E-state index is 0.0688. The van der Waals surface area contributed by atoms with Crippen molar-refractivity contribution in [3.8, 4) is 5.75 Å². The van der Waals surface area contributed by atoms with Crippen molar-refractivity contribution in [2.45, 2.75) is 46.3 Å². The van der Waals surface area contributed by atoms with Gasteiger partial charge in [0.15, 0.2) is 0 Å². The molecule has 0 aliphatic carbocycles. The van der Waals surface area contributed by atoms with E-state index < -0.39 is 23.4 Å². The van der Waals surface area contributed by atoms with Gasteiger partial charge in [-0.2, -0.15) is 5.10 Å². The number of anilines is 1. The van der Waals surface area contributed by atoms with E-state index in [4.69, 9.17) is 10.5 Å². The molecule has 0 fully saturated rings. The zero-order chi connectivity index (χ0) is 29.0. The van der Waals surface area contributed by atoms with Crippen LogP contribution >= 0.6 is 0 Å². The quantitative estimate of drug-likeness (QED) is 0.260. The Hall–Kier alpha value is -4.81. The zero-order valence-electron chi connectivity index (χ0n) is 22.3. The summed E-state index contributed by atoms with van der Waals surface area (Å²) >= 11 is 0. The molecule has 3 amide bonds. The fourth-order valence-corrected chi connectivity index (χ4v) is 4.32. The van der Waals surface area contributed by atoms with Crippen molar-refractivity contribution in [3.63, 3.8) is 0 Å². The van der Waals surface area contributed by atoms with Gasteiger partial charge in [0.25, 0.3) is 5.91 Å². The number of nitrogens with zero attached hydrogens (tertiary/aromatic N) is 4. The molecule has 0 aliphatic rings. The number of nitrogens with two attached hydrogens (primary N) is 1. The van der Waals surface area contributed by atoms with E-state index in [0.717, 1.165) is 12.1 Å². The lowest BCUT2D eigenvalue weighted by atomic mass is 10.1. The van der Waals surface area contributed by atoms with Crippen molar-refractivity contribution < 1.29 is 27.9 Å². The summed E-state index contributed by atoms with van der Waals surface area (Å²) in [5.74, 6) is -2.41. The monoisotopic (exact) mass is 553 g/mol. The summed E-state index contributed by atoms with van der Waals surface area (Å²) in [5.41, 5.74) is 7.70. The Balaban J connectivity index is 1.57. The van der Waals surface area contributed by atoms with Gasteiger partial charge in [0.05, 0.1) is 18.3 Å². The van der Waals surface area contributed by atoms with E-state index in [9.17, 15) is 23.2 Å². The molecule has 13 heteroatoms. The molecule has 0 spiro atoms. The molecule has 4 N–H and O–H groups in total. The summed E-state index contributed by atoms with van der Waals surface area (Å²) in [7, 11) is 1.43. The summed E-state index contributed by atoms with van der Waals surface area (Å²) in [5, 5.41) is 9.73. The van der Waals surface area contributed by atoms with E-state index in [1.165, 1.54) is 25.3 Å². The molecule has 0 radical (unpaired) electrons.